The lowest BCUT2D eigenvalue weighted by Crippen LogP contribution is -2.48. The third-order valence-corrected chi connectivity index (χ3v) is 7.09. The van der Waals surface area contributed by atoms with Gasteiger partial charge in [0.15, 0.2) is 5.50 Å². The summed E-state index contributed by atoms with van der Waals surface area (Å²) in [5.41, 5.74) is 1.97. The molecule has 0 bridgehead atoms. The molecule has 4 rings (SSSR count). The van der Waals surface area contributed by atoms with Crippen molar-refractivity contribution in [1.82, 2.24) is 4.90 Å². The smallest absolute Gasteiger partial charge is 0.262 e. The van der Waals surface area contributed by atoms with Crippen LogP contribution < -0.4 is 10.1 Å². The molecule has 4 nitrogen and oxygen atoms in total. The highest BCUT2D eigenvalue weighted by atomic mass is 32.2. The van der Waals surface area contributed by atoms with E-state index in [1.165, 1.54) is 19.3 Å². The molecule has 1 saturated heterocycles. The van der Waals surface area contributed by atoms with Gasteiger partial charge in [-0.3, -0.25) is 4.79 Å². The Morgan fingerprint density at radius 1 is 1.06 bits per heavy atom. The van der Waals surface area contributed by atoms with Crippen LogP contribution in [-0.4, -0.2) is 28.5 Å². The number of thioether (sulfide) groups is 1. The number of nitrogens with zero attached hydrogens (tertiary/aromatic N) is 1. The predicted molar refractivity (Wildman–Crippen MR) is 130 cm³/mol. The number of anilines is 1. The summed E-state index contributed by atoms with van der Waals surface area (Å²) in [5.74, 6) is 1.51. The zero-order valence-electron chi connectivity index (χ0n) is 18.6. The molecule has 0 spiro atoms. The molecule has 164 valence electrons. The molecule has 0 aromatic heterocycles. The molecule has 1 aliphatic heterocycles. The number of rotatable bonds is 6. The third kappa shape index (κ3) is 5.27. The molecular weight excluding hydrogens is 404 g/mol. The van der Waals surface area contributed by atoms with E-state index in [1.807, 2.05) is 62.4 Å². The van der Waals surface area contributed by atoms with Crippen LogP contribution in [0.3, 0.4) is 0 Å². The zero-order chi connectivity index (χ0) is 21.8. The second kappa shape index (κ2) is 9.82. The van der Waals surface area contributed by atoms with Gasteiger partial charge >= 0.3 is 0 Å². The first-order valence-corrected chi connectivity index (χ1v) is 12.2. The van der Waals surface area contributed by atoms with Gasteiger partial charge in [0.2, 0.25) is 0 Å². The van der Waals surface area contributed by atoms with Crippen LogP contribution in [0, 0.1) is 5.92 Å². The number of benzene rings is 2. The SMILES string of the molecule is CC(C)Oc1ccc(/C=C2\SC(Nc3ccccc3)N([C@@H]3CCCC[C@@H]3C)C2=O)cc1. The van der Waals surface area contributed by atoms with E-state index in [0.717, 1.165) is 28.3 Å². The third-order valence-electron chi connectivity index (χ3n) is 5.97. The summed E-state index contributed by atoms with van der Waals surface area (Å²) < 4.78 is 5.74. The van der Waals surface area contributed by atoms with Gasteiger partial charge in [0.1, 0.15) is 5.75 Å². The number of hydrogen-bond acceptors (Lipinski definition) is 4. The molecule has 1 heterocycles. The minimum absolute atomic E-state index is 0.0877. The maximum Gasteiger partial charge on any atom is 0.262 e. The molecule has 3 atom stereocenters. The van der Waals surface area contributed by atoms with Crippen LogP contribution in [0.2, 0.25) is 0 Å². The van der Waals surface area contributed by atoms with Gasteiger partial charge in [0.05, 0.1) is 11.0 Å². The van der Waals surface area contributed by atoms with Crippen molar-refractivity contribution in [1.29, 1.82) is 0 Å². The standard InChI is InChI=1S/C26H32N2O2S/c1-18(2)30-22-15-13-20(14-16-22)17-24-25(29)28(23-12-8-7-9-19(23)3)26(31-24)27-21-10-5-4-6-11-21/h4-6,10-11,13-19,23,26-27H,7-9,12H2,1-3H3/b24-17-/t19-,23+,26?/m0/s1. The summed E-state index contributed by atoms with van der Waals surface area (Å²) in [6.07, 6.45) is 6.88. The molecule has 31 heavy (non-hydrogen) atoms. The largest absolute Gasteiger partial charge is 0.491 e. The summed E-state index contributed by atoms with van der Waals surface area (Å²) in [4.78, 5) is 16.4. The number of hydrogen-bond donors (Lipinski definition) is 1. The number of carbonyl (C=O) groups excluding carboxylic acids is 1. The predicted octanol–water partition coefficient (Wildman–Crippen LogP) is 6.36. The van der Waals surface area contributed by atoms with E-state index in [9.17, 15) is 4.79 Å². The number of para-hydroxylation sites is 1. The van der Waals surface area contributed by atoms with Gasteiger partial charge in [0.25, 0.3) is 5.91 Å². The maximum atomic E-state index is 13.5. The van der Waals surface area contributed by atoms with E-state index in [-0.39, 0.29) is 23.6 Å². The van der Waals surface area contributed by atoms with Crippen molar-refractivity contribution in [3.05, 3.63) is 65.1 Å². The van der Waals surface area contributed by atoms with Gasteiger partial charge < -0.3 is 15.0 Å². The zero-order valence-corrected chi connectivity index (χ0v) is 19.4. The van der Waals surface area contributed by atoms with E-state index in [4.69, 9.17) is 4.74 Å². The van der Waals surface area contributed by atoms with E-state index >= 15 is 0 Å². The van der Waals surface area contributed by atoms with Crippen molar-refractivity contribution >= 4 is 29.4 Å². The Morgan fingerprint density at radius 3 is 2.45 bits per heavy atom. The highest BCUT2D eigenvalue weighted by molar-refractivity contribution is 8.05. The highest BCUT2D eigenvalue weighted by Gasteiger charge is 2.42. The van der Waals surface area contributed by atoms with Gasteiger partial charge in [-0.1, -0.05) is 61.9 Å². The first kappa shape index (κ1) is 21.8. The monoisotopic (exact) mass is 436 g/mol. The molecule has 2 fully saturated rings. The molecule has 2 aromatic rings. The molecule has 1 aliphatic carbocycles. The van der Waals surface area contributed by atoms with Crippen molar-refractivity contribution in [2.75, 3.05) is 5.32 Å². The lowest BCUT2D eigenvalue weighted by Gasteiger charge is -2.39. The fraction of sp³-hybridized carbons (Fsp3) is 0.423. The Morgan fingerprint density at radius 2 is 1.77 bits per heavy atom. The minimum atomic E-state index is -0.0877. The molecule has 1 amide bonds. The van der Waals surface area contributed by atoms with Crippen molar-refractivity contribution < 1.29 is 9.53 Å². The quantitative estimate of drug-likeness (QED) is 0.535. The Balaban J connectivity index is 1.58. The first-order chi connectivity index (χ1) is 15.0. The summed E-state index contributed by atoms with van der Waals surface area (Å²) >= 11 is 1.62. The molecule has 2 aliphatic rings. The van der Waals surface area contributed by atoms with E-state index in [0.29, 0.717) is 5.92 Å². The fourth-order valence-corrected chi connectivity index (χ4v) is 5.65. The molecule has 5 heteroatoms. The average molecular weight is 437 g/mol. The Kier molecular flexibility index (Phi) is 6.91. The van der Waals surface area contributed by atoms with Crippen molar-refractivity contribution in [2.24, 2.45) is 5.92 Å². The second-order valence-corrected chi connectivity index (χ2v) is 9.89. The molecule has 2 aromatic carbocycles. The van der Waals surface area contributed by atoms with Crippen molar-refractivity contribution in [2.45, 2.75) is 64.1 Å². The summed E-state index contributed by atoms with van der Waals surface area (Å²) in [6.45, 7) is 6.32. The van der Waals surface area contributed by atoms with Gasteiger partial charge in [-0.25, -0.2) is 0 Å². The van der Waals surface area contributed by atoms with Crippen LogP contribution in [0.4, 0.5) is 5.69 Å². The van der Waals surface area contributed by atoms with Crippen LogP contribution in [0.15, 0.2) is 59.5 Å². The van der Waals surface area contributed by atoms with Crippen LogP contribution >= 0.6 is 11.8 Å². The topological polar surface area (TPSA) is 41.6 Å². The van der Waals surface area contributed by atoms with Gasteiger partial charge in [-0.05, 0) is 68.5 Å². The van der Waals surface area contributed by atoms with Crippen LogP contribution in [0.25, 0.3) is 6.08 Å². The summed E-state index contributed by atoms with van der Waals surface area (Å²) in [7, 11) is 0. The fourth-order valence-electron chi connectivity index (χ4n) is 4.43. The first-order valence-electron chi connectivity index (χ1n) is 11.3. The van der Waals surface area contributed by atoms with Crippen LogP contribution in [-0.2, 0) is 4.79 Å². The Bertz CT molecular complexity index is 911. The van der Waals surface area contributed by atoms with Gasteiger partial charge in [-0.2, -0.15) is 0 Å². The number of nitrogens with one attached hydrogen (secondary N) is 1. The van der Waals surface area contributed by atoms with Crippen molar-refractivity contribution in [3.8, 4) is 5.75 Å². The molecule has 0 radical (unpaired) electrons. The van der Waals surface area contributed by atoms with E-state index in [2.05, 4.69) is 29.3 Å². The van der Waals surface area contributed by atoms with E-state index < -0.39 is 0 Å². The second-order valence-electron chi connectivity index (χ2n) is 8.77. The lowest BCUT2D eigenvalue weighted by molar-refractivity contribution is -0.129. The maximum absolute atomic E-state index is 13.5. The Hall–Kier alpha value is -2.40. The minimum Gasteiger partial charge on any atom is -0.491 e. The highest BCUT2D eigenvalue weighted by Crippen LogP contribution is 2.42. The lowest BCUT2D eigenvalue weighted by atomic mass is 9.85. The van der Waals surface area contributed by atoms with Crippen LogP contribution in [0.1, 0.15) is 52.0 Å². The number of carbonyl (C=O) groups is 1. The number of amides is 1. The van der Waals surface area contributed by atoms with Gasteiger partial charge in [0, 0.05) is 11.7 Å². The average Bonchev–Trinajstić information content (AvgIpc) is 3.05. The molecule has 1 saturated carbocycles. The number of ether oxygens (including phenoxy) is 1. The summed E-state index contributed by atoms with van der Waals surface area (Å²) in [5, 5.41) is 3.59. The van der Waals surface area contributed by atoms with Gasteiger partial charge in [-0.15, -0.1) is 0 Å². The molecular formula is C26H32N2O2S. The molecule has 1 unspecified atom stereocenters. The normalized spacial score (nSPS) is 25.3. The van der Waals surface area contributed by atoms with Crippen LogP contribution in [0.5, 0.6) is 5.75 Å². The van der Waals surface area contributed by atoms with Crippen molar-refractivity contribution in [3.63, 3.8) is 0 Å². The van der Waals surface area contributed by atoms with E-state index in [1.54, 1.807) is 11.8 Å². The summed E-state index contributed by atoms with van der Waals surface area (Å²) in [6, 6.07) is 18.4. The Labute approximate surface area is 190 Å². The molecule has 1 N–H and O–H groups in total.